The summed E-state index contributed by atoms with van der Waals surface area (Å²) in [7, 11) is -1.40. The lowest BCUT2D eigenvalue weighted by molar-refractivity contribution is 0.351. The van der Waals surface area contributed by atoms with E-state index in [1.165, 1.54) is 5.56 Å². The van der Waals surface area contributed by atoms with Crippen LogP contribution in [0, 0.1) is 6.92 Å². The predicted octanol–water partition coefficient (Wildman–Crippen LogP) is 2.85. The van der Waals surface area contributed by atoms with Crippen molar-refractivity contribution in [3.05, 3.63) is 41.9 Å². The summed E-state index contributed by atoms with van der Waals surface area (Å²) in [6.07, 6.45) is 1.71. The molecule has 1 aliphatic rings. The molecule has 154 valence electrons. The van der Waals surface area contributed by atoms with E-state index in [4.69, 9.17) is 4.42 Å². The van der Waals surface area contributed by atoms with Gasteiger partial charge >= 0.3 is 0 Å². The molecular weight excluding hydrogens is 491 g/mol. The monoisotopic (exact) mass is 518 g/mol. The molecule has 9 heteroatoms. The van der Waals surface area contributed by atoms with Crippen molar-refractivity contribution in [1.82, 2.24) is 15.2 Å². The van der Waals surface area contributed by atoms with Crippen molar-refractivity contribution in [2.45, 2.75) is 32.1 Å². The molecule has 0 aliphatic carbocycles. The maximum Gasteiger partial charge on any atom is 0.214 e. The second kappa shape index (κ2) is 8.81. The number of hydrogen-bond donors (Lipinski definition) is 1. The summed E-state index contributed by atoms with van der Waals surface area (Å²) < 4.78 is 29.4. The first-order chi connectivity index (χ1) is 12.7. The summed E-state index contributed by atoms with van der Waals surface area (Å²) in [6.45, 7) is 6.74. The number of guanidine groups is 1. The van der Waals surface area contributed by atoms with Crippen LogP contribution >= 0.6 is 24.0 Å². The molecule has 0 radical (unpaired) electrons. The standard InChI is InChI=1S/C19H26N4O3S.HI/c1-14-5-7-15(8-6-14)16-11-21-17(26-16)12-22-18(20-4)23-9-10-27(24,25)19(2,3)13-23;/h5-8,11H,9-10,12-13H2,1-4H3,(H,20,22);1H. The Morgan fingerprint density at radius 2 is 2.00 bits per heavy atom. The number of nitrogens with one attached hydrogen (secondary N) is 1. The van der Waals surface area contributed by atoms with Crippen LogP contribution in [0.3, 0.4) is 0 Å². The molecule has 0 spiro atoms. The van der Waals surface area contributed by atoms with Crippen molar-refractivity contribution < 1.29 is 12.8 Å². The Balaban J connectivity index is 0.00000280. The molecule has 1 aromatic heterocycles. The van der Waals surface area contributed by atoms with Gasteiger partial charge in [0, 0.05) is 25.7 Å². The highest BCUT2D eigenvalue weighted by atomic mass is 127. The van der Waals surface area contributed by atoms with Crippen molar-refractivity contribution >= 4 is 39.8 Å². The first-order valence-corrected chi connectivity index (χ1v) is 10.6. The van der Waals surface area contributed by atoms with E-state index in [2.05, 4.69) is 15.3 Å². The van der Waals surface area contributed by atoms with Gasteiger partial charge in [-0.25, -0.2) is 13.4 Å². The average molecular weight is 518 g/mol. The minimum Gasteiger partial charge on any atom is -0.439 e. The van der Waals surface area contributed by atoms with E-state index in [9.17, 15) is 8.42 Å². The maximum absolute atomic E-state index is 12.2. The van der Waals surface area contributed by atoms with Crippen LogP contribution in [0.15, 0.2) is 39.9 Å². The second-order valence-electron chi connectivity index (χ2n) is 7.39. The molecule has 7 nitrogen and oxygen atoms in total. The summed E-state index contributed by atoms with van der Waals surface area (Å²) in [5, 5.41) is 3.22. The fourth-order valence-electron chi connectivity index (χ4n) is 3.05. The molecule has 1 saturated heterocycles. The Hall–Kier alpha value is -1.62. The summed E-state index contributed by atoms with van der Waals surface area (Å²) >= 11 is 0. The molecular formula is C19H27IN4O3S. The molecule has 1 aliphatic heterocycles. The van der Waals surface area contributed by atoms with E-state index in [1.54, 1.807) is 27.1 Å². The Bertz CT molecular complexity index is 936. The number of nitrogens with zero attached hydrogens (tertiary/aromatic N) is 3. The van der Waals surface area contributed by atoms with Gasteiger partial charge in [-0.2, -0.15) is 0 Å². The lowest BCUT2D eigenvalue weighted by atomic mass is 10.1. The number of hydrogen-bond acceptors (Lipinski definition) is 5. The molecule has 1 aromatic carbocycles. The van der Waals surface area contributed by atoms with E-state index in [-0.39, 0.29) is 29.7 Å². The molecule has 1 N–H and O–H groups in total. The number of halogens is 1. The zero-order chi connectivity index (χ0) is 19.7. The lowest BCUT2D eigenvalue weighted by Gasteiger charge is -2.39. The van der Waals surface area contributed by atoms with Crippen LogP contribution in [0.2, 0.25) is 0 Å². The highest BCUT2D eigenvalue weighted by molar-refractivity contribution is 14.0. The van der Waals surface area contributed by atoms with Gasteiger partial charge in [0.2, 0.25) is 5.89 Å². The largest absolute Gasteiger partial charge is 0.439 e. The van der Waals surface area contributed by atoms with Crippen LogP contribution in [0.5, 0.6) is 0 Å². The van der Waals surface area contributed by atoms with Gasteiger partial charge in [-0.15, -0.1) is 24.0 Å². The number of aromatic nitrogens is 1. The smallest absolute Gasteiger partial charge is 0.214 e. The molecule has 2 aromatic rings. The quantitative estimate of drug-likeness (QED) is 0.382. The van der Waals surface area contributed by atoms with Crippen LogP contribution in [-0.4, -0.2) is 54.9 Å². The summed E-state index contributed by atoms with van der Waals surface area (Å²) in [6, 6.07) is 8.07. The van der Waals surface area contributed by atoms with Crippen LogP contribution in [0.4, 0.5) is 0 Å². The minimum absolute atomic E-state index is 0. The van der Waals surface area contributed by atoms with Crippen molar-refractivity contribution in [3.8, 4) is 11.3 Å². The first kappa shape index (κ1) is 22.7. The van der Waals surface area contributed by atoms with E-state index in [0.29, 0.717) is 37.2 Å². The number of aryl methyl sites for hydroxylation is 1. The van der Waals surface area contributed by atoms with Crippen molar-refractivity contribution in [1.29, 1.82) is 0 Å². The van der Waals surface area contributed by atoms with Crippen molar-refractivity contribution in [2.75, 3.05) is 25.9 Å². The average Bonchev–Trinajstić information content (AvgIpc) is 3.08. The molecule has 0 bridgehead atoms. The molecule has 2 heterocycles. The molecule has 3 rings (SSSR count). The molecule has 0 saturated carbocycles. The molecule has 28 heavy (non-hydrogen) atoms. The lowest BCUT2D eigenvalue weighted by Crippen LogP contribution is -2.57. The van der Waals surface area contributed by atoms with Crippen LogP contribution in [0.25, 0.3) is 11.3 Å². The van der Waals surface area contributed by atoms with Gasteiger partial charge in [0.1, 0.15) is 0 Å². The number of rotatable bonds is 3. The minimum atomic E-state index is -3.09. The number of benzene rings is 1. The predicted molar refractivity (Wildman–Crippen MR) is 122 cm³/mol. The maximum atomic E-state index is 12.2. The fraction of sp³-hybridized carbons (Fsp3) is 0.474. The van der Waals surface area contributed by atoms with Gasteiger partial charge in [-0.3, -0.25) is 4.99 Å². The van der Waals surface area contributed by atoms with Crippen molar-refractivity contribution in [3.63, 3.8) is 0 Å². The van der Waals surface area contributed by atoms with E-state index < -0.39 is 14.6 Å². The van der Waals surface area contributed by atoms with E-state index in [1.807, 2.05) is 36.1 Å². The highest BCUT2D eigenvalue weighted by Gasteiger charge is 2.40. The number of oxazole rings is 1. The highest BCUT2D eigenvalue weighted by Crippen LogP contribution is 2.24. The Morgan fingerprint density at radius 3 is 2.61 bits per heavy atom. The van der Waals surface area contributed by atoms with Gasteiger partial charge in [0.15, 0.2) is 21.6 Å². The molecule has 0 amide bonds. The number of aliphatic imine (C=N–C) groups is 1. The Labute approximate surface area is 183 Å². The summed E-state index contributed by atoms with van der Waals surface area (Å²) in [5.74, 6) is 2.03. The van der Waals surface area contributed by atoms with E-state index >= 15 is 0 Å². The van der Waals surface area contributed by atoms with Crippen molar-refractivity contribution in [2.24, 2.45) is 4.99 Å². The zero-order valence-corrected chi connectivity index (χ0v) is 19.7. The van der Waals surface area contributed by atoms with Gasteiger partial charge in [-0.05, 0) is 20.8 Å². The van der Waals surface area contributed by atoms with E-state index in [0.717, 1.165) is 5.56 Å². The SMILES string of the molecule is CN=C(NCc1ncc(-c2ccc(C)cc2)o1)N1CCS(=O)(=O)C(C)(C)C1.I. The van der Waals surface area contributed by atoms with Crippen LogP contribution in [0.1, 0.15) is 25.3 Å². The third-order valence-electron chi connectivity index (χ3n) is 4.84. The van der Waals surface area contributed by atoms with Gasteiger partial charge in [-0.1, -0.05) is 29.8 Å². The Kier molecular flexibility index (Phi) is 7.13. The van der Waals surface area contributed by atoms with Gasteiger partial charge in [0.05, 0.1) is 23.2 Å². The summed E-state index contributed by atoms with van der Waals surface area (Å²) in [4.78, 5) is 10.6. The third-order valence-corrected chi connectivity index (χ3v) is 7.38. The first-order valence-electron chi connectivity index (χ1n) is 8.91. The van der Waals surface area contributed by atoms with Crippen LogP contribution < -0.4 is 5.32 Å². The number of sulfone groups is 1. The van der Waals surface area contributed by atoms with Gasteiger partial charge in [0.25, 0.3) is 0 Å². The van der Waals surface area contributed by atoms with Crippen LogP contribution in [-0.2, 0) is 16.4 Å². The molecule has 0 atom stereocenters. The molecule has 0 unspecified atom stereocenters. The summed E-state index contributed by atoms with van der Waals surface area (Å²) in [5.41, 5.74) is 2.17. The van der Waals surface area contributed by atoms with Gasteiger partial charge < -0.3 is 14.6 Å². The second-order valence-corrected chi connectivity index (χ2v) is 10.1. The Morgan fingerprint density at radius 1 is 1.32 bits per heavy atom. The normalized spacial score (nSPS) is 18.4. The topological polar surface area (TPSA) is 87.8 Å². The molecule has 1 fully saturated rings. The fourth-order valence-corrected chi connectivity index (χ4v) is 4.42. The zero-order valence-electron chi connectivity index (χ0n) is 16.6. The third kappa shape index (κ3) is 4.86.